The van der Waals surface area contributed by atoms with Gasteiger partial charge < -0.3 is 5.11 Å². The van der Waals surface area contributed by atoms with Crippen molar-refractivity contribution in [2.75, 3.05) is 5.75 Å². The van der Waals surface area contributed by atoms with Gasteiger partial charge >= 0.3 is 5.97 Å². The zero-order chi connectivity index (χ0) is 14.8. The molecule has 1 aliphatic carbocycles. The Kier molecular flexibility index (Phi) is 5.06. The highest BCUT2D eigenvalue weighted by molar-refractivity contribution is 7.89. The molecule has 0 spiro atoms. The minimum atomic E-state index is -3.34. The van der Waals surface area contributed by atoms with Crippen LogP contribution in [0.2, 0.25) is 4.34 Å². The molecule has 1 heterocycles. The molecule has 0 saturated heterocycles. The van der Waals surface area contributed by atoms with E-state index < -0.39 is 16.0 Å². The Labute approximate surface area is 127 Å². The van der Waals surface area contributed by atoms with E-state index in [4.69, 9.17) is 16.7 Å². The molecule has 5 nitrogen and oxygen atoms in total. The van der Waals surface area contributed by atoms with Gasteiger partial charge in [-0.05, 0) is 30.4 Å². The molecular formula is C12H16ClNO4S2. The Hall–Kier alpha value is -0.630. The third-order valence-electron chi connectivity index (χ3n) is 3.38. The van der Waals surface area contributed by atoms with E-state index in [2.05, 4.69) is 4.72 Å². The van der Waals surface area contributed by atoms with Crippen molar-refractivity contribution in [3.05, 3.63) is 20.8 Å². The number of hydrogen-bond acceptors (Lipinski definition) is 4. The molecule has 1 aromatic rings. The number of carbonyl (C=O) groups is 1. The highest BCUT2D eigenvalue weighted by atomic mass is 35.5. The van der Waals surface area contributed by atoms with Crippen molar-refractivity contribution in [3.8, 4) is 0 Å². The number of carboxylic acids is 1. The molecule has 20 heavy (non-hydrogen) atoms. The van der Waals surface area contributed by atoms with Crippen LogP contribution >= 0.6 is 22.9 Å². The molecule has 8 heteroatoms. The maximum atomic E-state index is 11.9. The fourth-order valence-electron chi connectivity index (χ4n) is 2.37. The Bertz CT molecular complexity index is 591. The topological polar surface area (TPSA) is 83.5 Å². The first kappa shape index (κ1) is 15.8. The van der Waals surface area contributed by atoms with E-state index in [1.165, 1.54) is 6.07 Å². The molecule has 2 N–H and O–H groups in total. The molecule has 0 bridgehead atoms. The fraction of sp³-hybridized carbons (Fsp3) is 0.583. The van der Waals surface area contributed by atoms with Crippen LogP contribution in [-0.2, 0) is 16.6 Å². The molecule has 2 rings (SSSR count). The summed E-state index contributed by atoms with van der Waals surface area (Å²) in [7, 11) is -3.34. The Morgan fingerprint density at radius 1 is 1.45 bits per heavy atom. The first-order valence-electron chi connectivity index (χ1n) is 6.36. The van der Waals surface area contributed by atoms with Gasteiger partial charge in [-0.3, -0.25) is 0 Å². The van der Waals surface area contributed by atoms with Gasteiger partial charge in [-0.2, -0.15) is 0 Å². The van der Waals surface area contributed by atoms with E-state index >= 15 is 0 Å². The second-order valence-electron chi connectivity index (χ2n) is 4.97. The highest BCUT2D eigenvalue weighted by Gasteiger charge is 2.23. The average molecular weight is 338 g/mol. The van der Waals surface area contributed by atoms with Crippen LogP contribution < -0.4 is 4.72 Å². The highest BCUT2D eigenvalue weighted by Crippen LogP contribution is 2.28. The number of thiophene rings is 1. The molecule has 1 fully saturated rings. The van der Waals surface area contributed by atoms with E-state index in [0.29, 0.717) is 9.90 Å². The maximum Gasteiger partial charge on any atom is 0.345 e. The van der Waals surface area contributed by atoms with E-state index in [1.807, 2.05) is 0 Å². The molecule has 0 atom stereocenters. The number of carboxylic acid groups (broad SMARTS) is 1. The van der Waals surface area contributed by atoms with Crippen LogP contribution in [0.15, 0.2) is 6.07 Å². The second kappa shape index (κ2) is 6.43. The smallest absolute Gasteiger partial charge is 0.345 e. The summed E-state index contributed by atoms with van der Waals surface area (Å²) in [6.45, 7) is 0.0394. The number of nitrogens with one attached hydrogen (secondary N) is 1. The van der Waals surface area contributed by atoms with Crippen LogP contribution in [0.25, 0.3) is 0 Å². The fourth-order valence-corrected chi connectivity index (χ4v) is 4.93. The molecular weight excluding hydrogens is 322 g/mol. The summed E-state index contributed by atoms with van der Waals surface area (Å²) in [4.78, 5) is 10.9. The largest absolute Gasteiger partial charge is 0.477 e. The molecule has 0 unspecified atom stereocenters. The van der Waals surface area contributed by atoms with Crippen molar-refractivity contribution in [2.45, 2.75) is 32.2 Å². The molecule has 0 radical (unpaired) electrons. The summed E-state index contributed by atoms with van der Waals surface area (Å²) in [6.07, 6.45) is 4.11. The molecule has 0 amide bonds. The summed E-state index contributed by atoms with van der Waals surface area (Å²) in [5, 5.41) is 8.85. The molecule has 0 aliphatic heterocycles. The number of halogens is 1. The lowest BCUT2D eigenvalue weighted by Gasteiger charge is -2.10. The Balaban J connectivity index is 1.95. The zero-order valence-electron chi connectivity index (χ0n) is 10.8. The first-order valence-corrected chi connectivity index (χ1v) is 9.21. The van der Waals surface area contributed by atoms with Gasteiger partial charge in [0.05, 0.1) is 10.1 Å². The van der Waals surface area contributed by atoms with E-state index in [9.17, 15) is 13.2 Å². The van der Waals surface area contributed by atoms with Crippen molar-refractivity contribution in [3.63, 3.8) is 0 Å². The minimum Gasteiger partial charge on any atom is -0.477 e. The van der Waals surface area contributed by atoms with Crippen LogP contribution in [0.3, 0.4) is 0 Å². The van der Waals surface area contributed by atoms with Gasteiger partial charge in [0, 0.05) is 6.54 Å². The molecule has 112 valence electrons. The van der Waals surface area contributed by atoms with Crippen molar-refractivity contribution in [2.24, 2.45) is 5.92 Å². The Morgan fingerprint density at radius 2 is 2.10 bits per heavy atom. The molecule has 0 aromatic carbocycles. The Morgan fingerprint density at radius 3 is 2.65 bits per heavy atom. The van der Waals surface area contributed by atoms with Gasteiger partial charge in [-0.1, -0.05) is 24.4 Å². The van der Waals surface area contributed by atoms with Crippen molar-refractivity contribution in [1.29, 1.82) is 0 Å². The lowest BCUT2D eigenvalue weighted by molar-refractivity contribution is 0.0702. The van der Waals surface area contributed by atoms with E-state index in [1.54, 1.807) is 0 Å². The predicted molar refractivity (Wildman–Crippen MR) is 78.9 cm³/mol. The SMILES string of the molecule is O=C(O)c1cc(CNS(=O)(=O)CC2CCCC2)c(Cl)s1. The molecule has 1 aliphatic rings. The van der Waals surface area contributed by atoms with E-state index in [-0.39, 0.29) is 23.1 Å². The van der Waals surface area contributed by atoms with Crippen LogP contribution in [0.5, 0.6) is 0 Å². The van der Waals surface area contributed by atoms with Gasteiger partial charge in [0.25, 0.3) is 0 Å². The molecule has 1 aromatic heterocycles. The molecule has 1 saturated carbocycles. The summed E-state index contributed by atoms with van der Waals surface area (Å²) in [5.74, 6) is -0.683. The van der Waals surface area contributed by atoms with Crippen molar-refractivity contribution in [1.82, 2.24) is 4.72 Å². The van der Waals surface area contributed by atoms with Crippen LogP contribution in [0, 0.1) is 5.92 Å². The standard InChI is InChI=1S/C12H16ClNO4S2/c13-11-9(5-10(19-11)12(15)16)6-14-20(17,18)7-8-3-1-2-4-8/h5,8,14H,1-4,6-7H2,(H,15,16). The number of aromatic carboxylic acids is 1. The summed E-state index contributed by atoms with van der Waals surface area (Å²) < 4.78 is 26.7. The summed E-state index contributed by atoms with van der Waals surface area (Å²) in [6, 6.07) is 1.41. The number of sulfonamides is 1. The maximum absolute atomic E-state index is 11.9. The number of rotatable bonds is 6. The third-order valence-corrected chi connectivity index (χ3v) is 6.30. The van der Waals surface area contributed by atoms with Crippen LogP contribution in [-0.4, -0.2) is 25.2 Å². The van der Waals surface area contributed by atoms with Gasteiger partial charge in [0.15, 0.2) is 0 Å². The van der Waals surface area contributed by atoms with Gasteiger partial charge in [-0.25, -0.2) is 17.9 Å². The quantitative estimate of drug-likeness (QED) is 0.836. The summed E-state index contributed by atoms with van der Waals surface area (Å²) >= 11 is 6.85. The second-order valence-corrected chi connectivity index (χ2v) is 8.47. The summed E-state index contributed by atoms with van der Waals surface area (Å²) in [5.41, 5.74) is 0.504. The van der Waals surface area contributed by atoms with Gasteiger partial charge in [0.2, 0.25) is 10.0 Å². The number of hydrogen-bond donors (Lipinski definition) is 2. The van der Waals surface area contributed by atoms with Crippen molar-refractivity contribution >= 4 is 38.9 Å². The average Bonchev–Trinajstić information content (AvgIpc) is 2.96. The minimum absolute atomic E-state index is 0.0394. The zero-order valence-corrected chi connectivity index (χ0v) is 13.2. The van der Waals surface area contributed by atoms with Gasteiger partial charge in [-0.15, -0.1) is 11.3 Å². The van der Waals surface area contributed by atoms with Crippen molar-refractivity contribution < 1.29 is 18.3 Å². The third kappa shape index (κ3) is 4.18. The normalized spacial score (nSPS) is 16.6. The monoisotopic (exact) mass is 337 g/mol. The lowest BCUT2D eigenvalue weighted by Crippen LogP contribution is -2.28. The lowest BCUT2D eigenvalue weighted by atomic mass is 10.1. The predicted octanol–water partition coefficient (Wildman–Crippen LogP) is 2.71. The van der Waals surface area contributed by atoms with E-state index in [0.717, 1.165) is 37.0 Å². The van der Waals surface area contributed by atoms with Crippen LogP contribution in [0.4, 0.5) is 0 Å². The van der Waals surface area contributed by atoms with Gasteiger partial charge in [0.1, 0.15) is 4.88 Å². The van der Waals surface area contributed by atoms with Crippen LogP contribution in [0.1, 0.15) is 40.9 Å². The first-order chi connectivity index (χ1) is 9.37.